The molecule has 4 aromatic rings. The third-order valence-electron chi connectivity index (χ3n) is 6.49. The molecular formula is C30H25N3O6S. The topological polar surface area (TPSA) is 119 Å². The molecule has 0 bridgehead atoms. The van der Waals surface area contributed by atoms with E-state index in [0.717, 1.165) is 0 Å². The summed E-state index contributed by atoms with van der Waals surface area (Å²) in [6, 6.07) is 19.7. The van der Waals surface area contributed by atoms with Gasteiger partial charge in [0.25, 0.3) is 11.5 Å². The van der Waals surface area contributed by atoms with Crippen LogP contribution in [0, 0.1) is 0 Å². The van der Waals surface area contributed by atoms with Crippen molar-refractivity contribution >= 4 is 35.0 Å². The Balaban J connectivity index is 1.69. The van der Waals surface area contributed by atoms with Gasteiger partial charge >= 0.3 is 5.97 Å². The first-order chi connectivity index (χ1) is 19.3. The van der Waals surface area contributed by atoms with Crippen molar-refractivity contribution in [2.45, 2.75) is 13.0 Å². The minimum absolute atomic E-state index is 0.148. The summed E-state index contributed by atoms with van der Waals surface area (Å²) >= 11 is 1.19. The summed E-state index contributed by atoms with van der Waals surface area (Å²) in [6.45, 7) is 1.74. The number of ether oxygens (including phenoxy) is 2. The van der Waals surface area contributed by atoms with Gasteiger partial charge in [-0.1, -0.05) is 41.7 Å². The van der Waals surface area contributed by atoms with Gasteiger partial charge in [0.05, 0.1) is 35.6 Å². The van der Waals surface area contributed by atoms with Crippen molar-refractivity contribution in [3.63, 3.8) is 0 Å². The first kappa shape index (κ1) is 26.6. The van der Waals surface area contributed by atoms with E-state index >= 15 is 0 Å². The summed E-state index contributed by atoms with van der Waals surface area (Å²) < 4.78 is 12.9. The zero-order valence-electron chi connectivity index (χ0n) is 21.9. The van der Waals surface area contributed by atoms with Crippen molar-refractivity contribution in [3.8, 4) is 11.5 Å². The maximum atomic E-state index is 13.9. The normalized spacial score (nSPS) is 14.8. The summed E-state index contributed by atoms with van der Waals surface area (Å²) in [5.41, 5.74) is 2.43. The van der Waals surface area contributed by atoms with Crippen LogP contribution in [0.3, 0.4) is 0 Å². The number of amides is 1. The summed E-state index contributed by atoms with van der Waals surface area (Å²) in [4.78, 5) is 43.9. The molecule has 1 aromatic heterocycles. The number of allylic oxidation sites excluding steroid dienone is 1. The lowest BCUT2D eigenvalue weighted by molar-refractivity contribution is -0.113. The maximum absolute atomic E-state index is 13.9. The van der Waals surface area contributed by atoms with E-state index < -0.39 is 17.9 Å². The minimum atomic E-state index is -1.03. The van der Waals surface area contributed by atoms with Crippen LogP contribution in [0.4, 0.5) is 5.69 Å². The monoisotopic (exact) mass is 555 g/mol. The number of thiazole rings is 1. The molecule has 0 spiro atoms. The van der Waals surface area contributed by atoms with Crippen LogP contribution < -0.4 is 29.7 Å². The molecule has 0 saturated heterocycles. The average molecular weight is 556 g/mol. The quantitative estimate of drug-likeness (QED) is 0.360. The Labute approximate surface area is 233 Å². The Morgan fingerprint density at radius 3 is 2.40 bits per heavy atom. The number of benzene rings is 3. The van der Waals surface area contributed by atoms with Crippen molar-refractivity contribution in [2.75, 3.05) is 19.5 Å². The molecule has 40 heavy (non-hydrogen) atoms. The highest BCUT2D eigenvalue weighted by molar-refractivity contribution is 7.07. The number of carboxylic acid groups (broad SMARTS) is 1. The Hall–Kier alpha value is -4.96. The van der Waals surface area contributed by atoms with Crippen LogP contribution in [0.1, 0.15) is 34.5 Å². The number of rotatable bonds is 7. The van der Waals surface area contributed by atoms with Crippen LogP contribution in [0.2, 0.25) is 0 Å². The molecule has 1 aliphatic rings. The van der Waals surface area contributed by atoms with Gasteiger partial charge in [0, 0.05) is 17.3 Å². The molecule has 9 nitrogen and oxygen atoms in total. The zero-order valence-corrected chi connectivity index (χ0v) is 22.7. The van der Waals surface area contributed by atoms with Crippen molar-refractivity contribution in [1.29, 1.82) is 0 Å². The fourth-order valence-electron chi connectivity index (χ4n) is 4.54. The highest BCUT2D eigenvalue weighted by Gasteiger charge is 2.34. The van der Waals surface area contributed by atoms with E-state index in [-0.39, 0.29) is 11.1 Å². The molecular weight excluding hydrogens is 530 g/mol. The summed E-state index contributed by atoms with van der Waals surface area (Å²) in [7, 11) is 3.06. The van der Waals surface area contributed by atoms with E-state index in [4.69, 9.17) is 9.47 Å². The van der Waals surface area contributed by atoms with Crippen LogP contribution >= 0.6 is 11.3 Å². The number of carboxylic acids is 1. The molecule has 2 N–H and O–H groups in total. The van der Waals surface area contributed by atoms with Crippen molar-refractivity contribution in [1.82, 2.24) is 4.57 Å². The molecule has 1 amide bonds. The lowest BCUT2D eigenvalue weighted by Gasteiger charge is -2.26. The van der Waals surface area contributed by atoms with Gasteiger partial charge < -0.3 is 19.9 Å². The van der Waals surface area contributed by atoms with Gasteiger partial charge in [0.2, 0.25) is 0 Å². The van der Waals surface area contributed by atoms with Crippen molar-refractivity contribution in [3.05, 3.63) is 120 Å². The van der Waals surface area contributed by atoms with Gasteiger partial charge in [-0.15, -0.1) is 0 Å². The lowest BCUT2D eigenvalue weighted by Crippen LogP contribution is -2.40. The third-order valence-corrected chi connectivity index (χ3v) is 7.47. The van der Waals surface area contributed by atoms with E-state index in [1.54, 1.807) is 62.6 Å². The highest BCUT2D eigenvalue weighted by Crippen LogP contribution is 2.37. The van der Waals surface area contributed by atoms with Crippen LogP contribution in [0.15, 0.2) is 93.9 Å². The van der Waals surface area contributed by atoms with E-state index in [1.807, 2.05) is 18.2 Å². The molecule has 0 aliphatic carbocycles. The number of carbonyl (C=O) groups excluding carboxylic acids is 1. The number of aromatic carboxylic acids is 1. The second-order valence-corrected chi connectivity index (χ2v) is 9.95. The molecule has 3 aromatic carbocycles. The number of hydrogen-bond acceptors (Lipinski definition) is 7. The van der Waals surface area contributed by atoms with E-state index in [2.05, 4.69) is 10.3 Å². The number of nitrogens with one attached hydrogen (secondary N) is 1. The number of anilines is 1. The van der Waals surface area contributed by atoms with Gasteiger partial charge in [-0.05, 0) is 55.0 Å². The predicted octanol–water partition coefficient (Wildman–Crippen LogP) is 3.59. The molecule has 0 radical (unpaired) electrons. The van der Waals surface area contributed by atoms with Crippen LogP contribution in [-0.4, -0.2) is 35.8 Å². The Morgan fingerprint density at radius 1 is 1.02 bits per heavy atom. The average Bonchev–Trinajstić information content (AvgIpc) is 3.26. The standard InChI is InChI=1S/C30H25N3O6S/c1-17-25(27(34)32-20-7-5-4-6-8-20)26(22-14-13-21(38-2)16-23(22)39-3)33-28(35)24(40-30(33)31-17)15-18-9-11-19(12-10-18)29(36)37/h4-16,26H,1-3H3,(H,32,34)(H,36,37)/b24-15-/t26-/m0/s1. The van der Waals surface area contributed by atoms with Crippen molar-refractivity contribution < 1.29 is 24.2 Å². The van der Waals surface area contributed by atoms with Gasteiger partial charge in [-0.25, -0.2) is 9.79 Å². The van der Waals surface area contributed by atoms with Gasteiger partial charge in [0.1, 0.15) is 17.5 Å². The Kier molecular flexibility index (Phi) is 7.35. The zero-order chi connectivity index (χ0) is 28.4. The van der Waals surface area contributed by atoms with Gasteiger partial charge in [-0.3, -0.25) is 14.2 Å². The molecule has 1 atom stereocenters. The van der Waals surface area contributed by atoms with Crippen molar-refractivity contribution in [2.24, 2.45) is 4.99 Å². The third kappa shape index (κ3) is 5.04. The molecule has 2 heterocycles. The first-order valence-corrected chi connectivity index (χ1v) is 13.1. The van der Waals surface area contributed by atoms with E-state index in [9.17, 15) is 19.5 Å². The second-order valence-electron chi connectivity index (χ2n) is 8.94. The number of fused-ring (bicyclic) bond motifs is 1. The summed E-state index contributed by atoms with van der Waals surface area (Å²) in [5.74, 6) is -0.415. The highest BCUT2D eigenvalue weighted by atomic mass is 32.1. The van der Waals surface area contributed by atoms with Crippen LogP contribution in [0.25, 0.3) is 6.08 Å². The molecule has 0 fully saturated rings. The molecule has 5 rings (SSSR count). The fraction of sp³-hybridized carbons (Fsp3) is 0.133. The number of nitrogens with zero attached hydrogens (tertiary/aromatic N) is 2. The van der Waals surface area contributed by atoms with Crippen LogP contribution in [-0.2, 0) is 4.79 Å². The Morgan fingerprint density at radius 2 is 1.75 bits per heavy atom. The number of para-hydroxylation sites is 1. The maximum Gasteiger partial charge on any atom is 0.335 e. The number of methoxy groups -OCH3 is 2. The number of hydrogen-bond donors (Lipinski definition) is 2. The molecule has 10 heteroatoms. The summed E-state index contributed by atoms with van der Waals surface area (Å²) in [6.07, 6.45) is 1.68. The smallest absolute Gasteiger partial charge is 0.335 e. The molecule has 0 unspecified atom stereocenters. The lowest BCUT2D eigenvalue weighted by atomic mass is 9.94. The van der Waals surface area contributed by atoms with Crippen LogP contribution in [0.5, 0.6) is 11.5 Å². The summed E-state index contributed by atoms with van der Waals surface area (Å²) in [5, 5.41) is 12.1. The second kappa shape index (κ2) is 11.0. The number of aromatic nitrogens is 1. The van der Waals surface area contributed by atoms with Gasteiger partial charge in [-0.2, -0.15) is 0 Å². The largest absolute Gasteiger partial charge is 0.497 e. The Bertz CT molecular complexity index is 1820. The minimum Gasteiger partial charge on any atom is -0.497 e. The van der Waals surface area contributed by atoms with Gasteiger partial charge in [0.15, 0.2) is 4.80 Å². The SMILES string of the molecule is COc1ccc([C@H]2C(C(=O)Nc3ccccc3)=C(C)N=c3s/c(=C\c4ccc(C(=O)O)cc4)c(=O)n32)c(OC)c1. The molecule has 202 valence electrons. The van der Waals surface area contributed by atoms with E-state index in [1.165, 1.54) is 35.1 Å². The van der Waals surface area contributed by atoms with E-state index in [0.29, 0.717) is 48.9 Å². The predicted molar refractivity (Wildman–Crippen MR) is 152 cm³/mol. The fourth-order valence-corrected chi connectivity index (χ4v) is 5.59. The first-order valence-electron chi connectivity index (χ1n) is 12.2. The molecule has 1 aliphatic heterocycles. The molecule has 0 saturated carbocycles. The number of carbonyl (C=O) groups is 2.